The van der Waals surface area contributed by atoms with E-state index < -0.39 is 6.03 Å². The third-order valence-electron chi connectivity index (χ3n) is 2.14. The Morgan fingerprint density at radius 3 is 2.75 bits per heavy atom. The summed E-state index contributed by atoms with van der Waals surface area (Å²) >= 11 is 0. The fourth-order valence-corrected chi connectivity index (χ4v) is 1.51. The maximum absolute atomic E-state index is 11.1. The summed E-state index contributed by atoms with van der Waals surface area (Å²) in [6.45, 7) is 1.83. The predicted molar refractivity (Wildman–Crippen MR) is 72.0 cm³/mol. The number of rotatable bonds is 7. The van der Waals surface area contributed by atoms with Crippen molar-refractivity contribution in [3.05, 3.63) is 23.3 Å². The molecule has 0 aliphatic heterocycles. The number of aromatic nitrogens is 2. The molecule has 0 fully saturated rings. The molecule has 0 radical (unpaired) electrons. The van der Waals surface area contributed by atoms with Crippen LogP contribution < -0.4 is 11.2 Å². The highest BCUT2D eigenvalue weighted by Gasteiger charge is 2.06. The Hall–Kier alpha value is -2.35. The average molecular weight is 279 g/mol. The van der Waals surface area contributed by atoms with Gasteiger partial charge in [-0.3, -0.25) is 4.79 Å². The number of urea groups is 1. The van der Waals surface area contributed by atoms with E-state index in [1.54, 1.807) is 13.2 Å². The lowest BCUT2D eigenvalue weighted by atomic mass is 10.2. The number of Topliss-reactive ketones (excluding diaryl/α,β-unsaturated/α-hetero) is 1. The van der Waals surface area contributed by atoms with Crippen molar-refractivity contribution in [3.63, 3.8) is 0 Å². The molecule has 3 N–H and O–H groups in total. The van der Waals surface area contributed by atoms with Gasteiger partial charge in [-0.1, -0.05) is 0 Å². The average Bonchev–Trinajstić information content (AvgIpc) is 2.34. The number of methoxy groups -OCH3 is 1. The third-order valence-corrected chi connectivity index (χ3v) is 2.14. The summed E-state index contributed by atoms with van der Waals surface area (Å²) in [7, 11) is 1.56. The van der Waals surface area contributed by atoms with Crippen LogP contribution >= 0.6 is 0 Å². The van der Waals surface area contributed by atoms with Gasteiger partial charge in [0.05, 0.1) is 18.0 Å². The number of nitrogens with zero attached hydrogens (tertiary/aromatic N) is 3. The van der Waals surface area contributed by atoms with E-state index in [2.05, 4.69) is 20.5 Å². The van der Waals surface area contributed by atoms with Crippen molar-refractivity contribution < 1.29 is 14.3 Å². The summed E-state index contributed by atoms with van der Waals surface area (Å²) in [6.07, 6.45) is 1.97. The number of carbonyl (C=O) groups is 2. The van der Waals surface area contributed by atoms with E-state index in [4.69, 9.17) is 10.5 Å². The molecule has 0 bridgehead atoms. The molecule has 0 spiro atoms. The molecular formula is C12H17N5O3. The van der Waals surface area contributed by atoms with Crippen LogP contribution in [-0.4, -0.2) is 35.1 Å². The van der Waals surface area contributed by atoms with Crippen LogP contribution in [0.25, 0.3) is 0 Å². The SMILES string of the molecule is COCc1cc(CC(C)=O)nc(C/C=N/NC(N)=O)n1. The summed E-state index contributed by atoms with van der Waals surface area (Å²) in [4.78, 5) is 30.1. The minimum Gasteiger partial charge on any atom is -0.378 e. The van der Waals surface area contributed by atoms with E-state index >= 15 is 0 Å². The normalized spacial score (nSPS) is 10.7. The molecular weight excluding hydrogens is 262 g/mol. The Labute approximate surface area is 116 Å². The van der Waals surface area contributed by atoms with Gasteiger partial charge in [0.1, 0.15) is 11.6 Å². The standard InChI is InChI=1S/C12H17N5O3/c1-8(18)5-9-6-10(7-20-2)16-11(15-9)3-4-14-17-12(13)19/h4,6H,3,5,7H2,1-2H3,(H3,13,17,19)/b14-4+. The molecule has 0 atom stereocenters. The van der Waals surface area contributed by atoms with E-state index in [0.717, 1.165) is 0 Å². The van der Waals surface area contributed by atoms with E-state index in [9.17, 15) is 9.59 Å². The molecule has 1 aromatic heterocycles. The van der Waals surface area contributed by atoms with Gasteiger partial charge in [0.15, 0.2) is 0 Å². The van der Waals surface area contributed by atoms with E-state index in [1.165, 1.54) is 13.1 Å². The second kappa shape index (κ2) is 7.95. The molecule has 2 amide bonds. The number of hydrazone groups is 1. The molecule has 0 unspecified atom stereocenters. The van der Waals surface area contributed by atoms with Crippen LogP contribution in [0.5, 0.6) is 0 Å². The summed E-state index contributed by atoms with van der Waals surface area (Å²) in [6, 6.07) is 0.986. The zero-order chi connectivity index (χ0) is 15.0. The fraction of sp³-hybridized carbons (Fsp3) is 0.417. The molecule has 0 saturated heterocycles. The van der Waals surface area contributed by atoms with Gasteiger partial charge in [-0.25, -0.2) is 20.2 Å². The Bertz CT molecular complexity index is 516. The maximum Gasteiger partial charge on any atom is 0.332 e. The number of primary amides is 1. The summed E-state index contributed by atoms with van der Waals surface area (Å²) in [5.41, 5.74) is 8.26. The molecule has 1 rings (SSSR count). The van der Waals surface area contributed by atoms with Crippen LogP contribution in [-0.2, 0) is 29.0 Å². The monoisotopic (exact) mass is 279 g/mol. The Kier molecular flexibility index (Phi) is 6.24. The van der Waals surface area contributed by atoms with Gasteiger partial charge in [0.2, 0.25) is 0 Å². The fourth-order valence-electron chi connectivity index (χ4n) is 1.51. The van der Waals surface area contributed by atoms with Crippen LogP contribution in [0.2, 0.25) is 0 Å². The van der Waals surface area contributed by atoms with Gasteiger partial charge in [-0.2, -0.15) is 5.10 Å². The van der Waals surface area contributed by atoms with Crippen LogP contribution in [0.1, 0.15) is 24.1 Å². The topological polar surface area (TPSA) is 120 Å². The van der Waals surface area contributed by atoms with E-state index in [0.29, 0.717) is 30.2 Å². The van der Waals surface area contributed by atoms with Crippen molar-refractivity contribution in [2.24, 2.45) is 10.8 Å². The molecule has 8 nitrogen and oxygen atoms in total. The lowest BCUT2D eigenvalue weighted by Gasteiger charge is -2.05. The second-order valence-corrected chi connectivity index (χ2v) is 4.07. The summed E-state index contributed by atoms with van der Waals surface area (Å²) in [5, 5.41) is 3.60. The smallest absolute Gasteiger partial charge is 0.332 e. The van der Waals surface area contributed by atoms with Crippen molar-refractivity contribution in [3.8, 4) is 0 Å². The number of carbonyl (C=O) groups excluding carboxylic acids is 2. The summed E-state index contributed by atoms with van der Waals surface area (Å²) < 4.78 is 5.02. The van der Waals surface area contributed by atoms with Crippen LogP contribution in [0, 0.1) is 0 Å². The molecule has 0 aromatic carbocycles. The second-order valence-electron chi connectivity index (χ2n) is 4.07. The van der Waals surface area contributed by atoms with Gasteiger partial charge >= 0.3 is 6.03 Å². The summed E-state index contributed by atoms with van der Waals surface area (Å²) in [5.74, 6) is 0.507. The third kappa shape index (κ3) is 6.01. The van der Waals surface area contributed by atoms with Crippen LogP contribution in [0.15, 0.2) is 11.2 Å². The molecule has 0 aliphatic rings. The van der Waals surface area contributed by atoms with Crippen molar-refractivity contribution in [1.29, 1.82) is 0 Å². The van der Waals surface area contributed by atoms with Gasteiger partial charge in [-0.05, 0) is 13.0 Å². The quantitative estimate of drug-likeness (QED) is 0.535. The molecule has 0 saturated carbocycles. The largest absolute Gasteiger partial charge is 0.378 e. The highest BCUT2D eigenvalue weighted by molar-refractivity contribution is 5.77. The van der Waals surface area contributed by atoms with Crippen LogP contribution in [0.3, 0.4) is 0 Å². The van der Waals surface area contributed by atoms with E-state index in [1.807, 2.05) is 0 Å². The van der Waals surface area contributed by atoms with Crippen molar-refractivity contribution in [2.45, 2.75) is 26.4 Å². The van der Waals surface area contributed by atoms with Gasteiger partial charge in [0, 0.05) is 26.2 Å². The number of hydrogen-bond donors (Lipinski definition) is 2. The predicted octanol–water partition coefficient (Wildman–Crippen LogP) is -0.0489. The number of amides is 2. The lowest BCUT2D eigenvalue weighted by Crippen LogP contribution is -2.24. The Morgan fingerprint density at radius 1 is 1.45 bits per heavy atom. The number of ether oxygens (including phenoxy) is 1. The first-order valence-electron chi connectivity index (χ1n) is 5.92. The number of nitrogens with two attached hydrogens (primary N) is 1. The molecule has 20 heavy (non-hydrogen) atoms. The van der Waals surface area contributed by atoms with Gasteiger partial charge in [0.25, 0.3) is 0 Å². The zero-order valence-electron chi connectivity index (χ0n) is 11.4. The van der Waals surface area contributed by atoms with Crippen molar-refractivity contribution >= 4 is 18.0 Å². The molecule has 0 aliphatic carbocycles. The van der Waals surface area contributed by atoms with Crippen LogP contribution in [0.4, 0.5) is 4.79 Å². The lowest BCUT2D eigenvalue weighted by molar-refractivity contribution is -0.116. The Morgan fingerprint density at radius 2 is 2.15 bits per heavy atom. The first kappa shape index (κ1) is 15.7. The minimum absolute atomic E-state index is 0.0158. The molecule has 1 heterocycles. The van der Waals surface area contributed by atoms with Gasteiger partial charge < -0.3 is 10.5 Å². The molecule has 8 heteroatoms. The van der Waals surface area contributed by atoms with Crippen molar-refractivity contribution in [2.75, 3.05) is 7.11 Å². The maximum atomic E-state index is 11.1. The first-order valence-corrected chi connectivity index (χ1v) is 5.92. The molecule has 108 valence electrons. The zero-order valence-corrected chi connectivity index (χ0v) is 11.4. The Balaban J connectivity index is 2.82. The number of hydrogen-bond acceptors (Lipinski definition) is 6. The highest BCUT2D eigenvalue weighted by atomic mass is 16.5. The van der Waals surface area contributed by atoms with Gasteiger partial charge in [-0.15, -0.1) is 0 Å². The van der Waals surface area contributed by atoms with E-state index in [-0.39, 0.29) is 12.2 Å². The molecule has 1 aromatic rings. The first-order chi connectivity index (χ1) is 9.51. The number of nitrogens with one attached hydrogen (secondary N) is 1. The number of ketones is 1. The highest BCUT2D eigenvalue weighted by Crippen LogP contribution is 2.05. The van der Waals surface area contributed by atoms with Crippen molar-refractivity contribution in [1.82, 2.24) is 15.4 Å². The minimum atomic E-state index is -0.743.